The molecule has 1 aliphatic rings. The van der Waals surface area contributed by atoms with E-state index in [0.29, 0.717) is 6.42 Å². The third-order valence-corrected chi connectivity index (χ3v) is 4.79. The monoisotopic (exact) mass is 410 g/mol. The minimum Gasteiger partial charge on any atom is -0.493 e. The highest BCUT2D eigenvalue weighted by atomic mass is 79.9. The summed E-state index contributed by atoms with van der Waals surface area (Å²) in [6.07, 6.45) is 0.956. The largest absolute Gasteiger partial charge is 0.493 e. The molecule has 1 N–H and O–H groups in total. The second-order valence-electron chi connectivity index (χ2n) is 5.37. The first-order valence-electron chi connectivity index (χ1n) is 6.93. The number of hydrogen-bond donors (Lipinski definition) is 1. The maximum absolute atomic E-state index is 10.6. The fraction of sp³-hybridized carbons (Fsp3) is 0.294. The van der Waals surface area contributed by atoms with Crippen LogP contribution in [0.1, 0.15) is 28.4 Å². The Morgan fingerprint density at radius 3 is 2.81 bits per heavy atom. The van der Waals surface area contributed by atoms with Gasteiger partial charge >= 0.3 is 0 Å². The highest BCUT2D eigenvalue weighted by Crippen LogP contribution is 2.36. The van der Waals surface area contributed by atoms with Crippen molar-refractivity contribution in [2.24, 2.45) is 0 Å². The molecule has 2 nitrogen and oxygen atoms in total. The summed E-state index contributed by atoms with van der Waals surface area (Å²) in [4.78, 5) is 0. The third-order valence-electron chi connectivity index (χ3n) is 3.84. The molecule has 0 bridgehead atoms. The SMILES string of the molecule is Cc1ccc(Br)cc1C(O)Cc1cc(Br)cc2c1OCC2. The third kappa shape index (κ3) is 3.17. The molecule has 4 heteroatoms. The molecule has 110 valence electrons. The molecule has 1 unspecified atom stereocenters. The summed E-state index contributed by atoms with van der Waals surface area (Å²) < 4.78 is 7.76. The Labute approximate surface area is 141 Å². The number of rotatable bonds is 3. The number of ether oxygens (including phenoxy) is 1. The molecule has 0 saturated heterocycles. The van der Waals surface area contributed by atoms with E-state index in [1.807, 2.05) is 31.2 Å². The normalized spacial score (nSPS) is 14.7. The number of benzene rings is 2. The van der Waals surface area contributed by atoms with Crippen molar-refractivity contribution in [1.29, 1.82) is 0 Å². The Morgan fingerprint density at radius 2 is 2.00 bits per heavy atom. The van der Waals surface area contributed by atoms with Crippen LogP contribution in [0.3, 0.4) is 0 Å². The molecule has 21 heavy (non-hydrogen) atoms. The molecule has 0 aromatic heterocycles. The smallest absolute Gasteiger partial charge is 0.125 e. The topological polar surface area (TPSA) is 29.5 Å². The van der Waals surface area contributed by atoms with Crippen molar-refractivity contribution < 1.29 is 9.84 Å². The van der Waals surface area contributed by atoms with Crippen molar-refractivity contribution in [3.05, 3.63) is 61.5 Å². The summed E-state index contributed by atoms with van der Waals surface area (Å²) in [6, 6.07) is 10.1. The number of aliphatic hydroxyl groups is 1. The van der Waals surface area contributed by atoms with Crippen LogP contribution in [0.15, 0.2) is 39.3 Å². The molecule has 0 fully saturated rings. The first-order chi connectivity index (χ1) is 10.0. The fourth-order valence-electron chi connectivity index (χ4n) is 2.79. The fourth-order valence-corrected chi connectivity index (χ4v) is 3.72. The van der Waals surface area contributed by atoms with Crippen LogP contribution >= 0.6 is 31.9 Å². The lowest BCUT2D eigenvalue weighted by molar-refractivity contribution is 0.176. The molecule has 2 aromatic rings. The molecule has 2 aromatic carbocycles. The van der Waals surface area contributed by atoms with Crippen molar-refractivity contribution in [3.8, 4) is 5.75 Å². The summed E-state index contributed by atoms with van der Waals surface area (Å²) in [7, 11) is 0. The Balaban J connectivity index is 1.92. The van der Waals surface area contributed by atoms with Crippen molar-refractivity contribution in [2.45, 2.75) is 25.9 Å². The van der Waals surface area contributed by atoms with E-state index in [-0.39, 0.29) is 0 Å². The van der Waals surface area contributed by atoms with Gasteiger partial charge in [0.2, 0.25) is 0 Å². The predicted octanol–water partition coefficient (Wildman–Crippen LogP) is 4.73. The van der Waals surface area contributed by atoms with E-state index in [1.54, 1.807) is 0 Å². The predicted molar refractivity (Wildman–Crippen MR) is 90.9 cm³/mol. The van der Waals surface area contributed by atoms with Gasteiger partial charge in [0.15, 0.2) is 0 Å². The van der Waals surface area contributed by atoms with Gasteiger partial charge in [0, 0.05) is 21.8 Å². The van der Waals surface area contributed by atoms with E-state index >= 15 is 0 Å². The molecule has 0 amide bonds. The van der Waals surface area contributed by atoms with Crippen molar-refractivity contribution in [2.75, 3.05) is 6.61 Å². The summed E-state index contributed by atoms with van der Waals surface area (Å²) in [5.41, 5.74) is 4.33. The van der Waals surface area contributed by atoms with Gasteiger partial charge in [-0.1, -0.05) is 37.9 Å². The lowest BCUT2D eigenvalue weighted by atomic mass is 9.96. The van der Waals surface area contributed by atoms with Crippen LogP contribution in [0.25, 0.3) is 0 Å². The standard InChI is InChI=1S/C17H16Br2O2/c1-10-2-3-13(18)9-15(10)16(20)8-12-7-14(19)6-11-4-5-21-17(11)12/h2-3,6-7,9,16,20H,4-5,8H2,1H3. The Bertz CT molecular complexity index is 683. The van der Waals surface area contributed by atoms with Crippen LogP contribution in [0.4, 0.5) is 0 Å². The van der Waals surface area contributed by atoms with Crippen molar-refractivity contribution >= 4 is 31.9 Å². The van der Waals surface area contributed by atoms with Gasteiger partial charge in [0.05, 0.1) is 12.7 Å². The van der Waals surface area contributed by atoms with E-state index in [9.17, 15) is 5.11 Å². The minimum atomic E-state index is -0.537. The summed E-state index contributed by atoms with van der Waals surface area (Å²) in [5, 5.41) is 10.6. The van der Waals surface area contributed by atoms with E-state index < -0.39 is 6.10 Å². The maximum atomic E-state index is 10.6. The van der Waals surface area contributed by atoms with Gasteiger partial charge in [0.1, 0.15) is 5.75 Å². The highest BCUT2D eigenvalue weighted by Gasteiger charge is 2.20. The second kappa shape index (κ2) is 6.11. The number of aliphatic hydroxyl groups excluding tert-OH is 1. The van der Waals surface area contributed by atoms with E-state index in [1.165, 1.54) is 5.56 Å². The van der Waals surface area contributed by atoms with Crippen LogP contribution in [0.5, 0.6) is 5.75 Å². The number of fused-ring (bicyclic) bond motifs is 1. The first kappa shape index (κ1) is 15.1. The van der Waals surface area contributed by atoms with Crippen LogP contribution in [-0.4, -0.2) is 11.7 Å². The van der Waals surface area contributed by atoms with Gasteiger partial charge in [0.25, 0.3) is 0 Å². The summed E-state index contributed by atoms with van der Waals surface area (Å²) >= 11 is 7.01. The zero-order valence-corrected chi connectivity index (χ0v) is 14.9. The van der Waals surface area contributed by atoms with Gasteiger partial charge in [-0.15, -0.1) is 0 Å². The zero-order valence-electron chi connectivity index (χ0n) is 11.7. The van der Waals surface area contributed by atoms with Crippen LogP contribution in [0, 0.1) is 6.92 Å². The lowest BCUT2D eigenvalue weighted by Crippen LogP contribution is -2.05. The number of hydrogen-bond acceptors (Lipinski definition) is 2. The van der Waals surface area contributed by atoms with Gasteiger partial charge in [-0.2, -0.15) is 0 Å². The molecule has 3 rings (SSSR count). The van der Waals surface area contributed by atoms with Gasteiger partial charge in [-0.3, -0.25) is 0 Å². The molecule has 1 atom stereocenters. The molecule has 0 spiro atoms. The average molecular weight is 412 g/mol. The molecule has 0 saturated carbocycles. The second-order valence-corrected chi connectivity index (χ2v) is 7.20. The zero-order chi connectivity index (χ0) is 15.0. The number of halogens is 2. The summed E-state index contributed by atoms with van der Waals surface area (Å²) in [5.74, 6) is 0.949. The van der Waals surface area contributed by atoms with Gasteiger partial charge < -0.3 is 9.84 Å². The molecule has 0 aliphatic carbocycles. The van der Waals surface area contributed by atoms with E-state index in [2.05, 4.69) is 37.9 Å². The molecular formula is C17H16Br2O2. The molecule has 1 heterocycles. The minimum absolute atomic E-state index is 0.537. The van der Waals surface area contributed by atoms with E-state index in [0.717, 1.165) is 44.4 Å². The number of aryl methyl sites for hydroxylation is 1. The van der Waals surface area contributed by atoms with Crippen molar-refractivity contribution in [1.82, 2.24) is 0 Å². The van der Waals surface area contributed by atoms with Gasteiger partial charge in [-0.25, -0.2) is 0 Å². The lowest BCUT2D eigenvalue weighted by Gasteiger charge is -2.16. The molecular weight excluding hydrogens is 396 g/mol. The Kier molecular flexibility index (Phi) is 4.38. The Hall–Kier alpha value is -0.840. The van der Waals surface area contributed by atoms with E-state index in [4.69, 9.17) is 4.74 Å². The van der Waals surface area contributed by atoms with Crippen LogP contribution < -0.4 is 4.74 Å². The van der Waals surface area contributed by atoms with Gasteiger partial charge in [-0.05, 0) is 53.4 Å². The quantitative estimate of drug-likeness (QED) is 0.790. The first-order valence-corrected chi connectivity index (χ1v) is 8.51. The van der Waals surface area contributed by atoms with Crippen molar-refractivity contribution in [3.63, 3.8) is 0 Å². The Morgan fingerprint density at radius 1 is 1.19 bits per heavy atom. The summed E-state index contributed by atoms with van der Waals surface area (Å²) in [6.45, 7) is 2.75. The molecule has 0 radical (unpaired) electrons. The maximum Gasteiger partial charge on any atom is 0.125 e. The van der Waals surface area contributed by atoms with Crippen LogP contribution in [-0.2, 0) is 12.8 Å². The molecule has 1 aliphatic heterocycles. The average Bonchev–Trinajstić information content (AvgIpc) is 2.89. The highest BCUT2D eigenvalue weighted by molar-refractivity contribution is 9.10. The van der Waals surface area contributed by atoms with Crippen LogP contribution in [0.2, 0.25) is 0 Å².